The second-order valence-electron chi connectivity index (χ2n) is 9.95. The molecule has 3 aliphatic rings. The van der Waals surface area contributed by atoms with Crippen LogP contribution in [0.3, 0.4) is 0 Å². The number of rotatable bonds is 6. The number of nitrogens with one attached hydrogen (secondary N) is 2. The Balaban J connectivity index is 1.17. The lowest BCUT2D eigenvalue weighted by molar-refractivity contribution is -0.136. The molecule has 37 heavy (non-hydrogen) atoms. The fourth-order valence-corrected chi connectivity index (χ4v) is 5.71. The van der Waals surface area contributed by atoms with Crippen molar-refractivity contribution < 1.29 is 27.4 Å². The molecule has 0 bridgehead atoms. The van der Waals surface area contributed by atoms with Crippen molar-refractivity contribution in [2.24, 2.45) is 0 Å². The Labute approximate surface area is 211 Å². The van der Waals surface area contributed by atoms with Gasteiger partial charge < -0.3 is 19.8 Å². The Bertz CT molecular complexity index is 1290. The molecule has 0 spiro atoms. The van der Waals surface area contributed by atoms with Gasteiger partial charge in [0, 0.05) is 31.9 Å². The number of hydrogen-bond donors (Lipinski definition) is 2. The van der Waals surface area contributed by atoms with Gasteiger partial charge in [-0.25, -0.2) is 4.98 Å². The maximum absolute atomic E-state index is 13.4. The molecule has 8 nitrogen and oxygen atoms in total. The van der Waals surface area contributed by atoms with Crippen LogP contribution < -0.4 is 5.32 Å². The van der Waals surface area contributed by atoms with Gasteiger partial charge in [0.05, 0.1) is 41.9 Å². The molecule has 4 atom stereocenters. The third kappa shape index (κ3) is 4.95. The average Bonchev–Trinajstić information content (AvgIpc) is 3.65. The van der Waals surface area contributed by atoms with E-state index in [1.54, 1.807) is 6.20 Å². The van der Waals surface area contributed by atoms with E-state index in [1.807, 2.05) is 6.07 Å². The summed E-state index contributed by atoms with van der Waals surface area (Å²) >= 11 is 0. The van der Waals surface area contributed by atoms with Gasteiger partial charge in [0.2, 0.25) is 5.91 Å². The highest BCUT2D eigenvalue weighted by atomic mass is 19.4. The topological polar surface area (TPSA) is 92.4 Å². The maximum Gasteiger partial charge on any atom is 0.418 e. The second kappa shape index (κ2) is 9.70. The number of aromatic amines is 1. The first-order valence-corrected chi connectivity index (χ1v) is 12.6. The summed E-state index contributed by atoms with van der Waals surface area (Å²) in [5.74, 6) is -0.129. The number of aryl methyl sites for hydroxylation is 1. The lowest BCUT2D eigenvalue weighted by atomic mass is 10.2. The van der Waals surface area contributed by atoms with Gasteiger partial charge in [-0.05, 0) is 43.0 Å². The molecule has 2 aromatic heterocycles. The molecule has 2 saturated heterocycles. The van der Waals surface area contributed by atoms with E-state index in [0.29, 0.717) is 19.7 Å². The SMILES string of the molecule is O=C(Cc1nc2c(C(F)(F)F)cccc2[nH]1)NC1CN(C2CCOC2)C[C@@H]1OC1CCc2cccnc21. The quantitative estimate of drug-likeness (QED) is 0.524. The third-order valence-corrected chi connectivity index (χ3v) is 7.50. The molecule has 6 rings (SSSR count). The largest absolute Gasteiger partial charge is 0.418 e. The Morgan fingerprint density at radius 1 is 1.22 bits per heavy atom. The van der Waals surface area contributed by atoms with Crippen LogP contribution in [-0.4, -0.2) is 70.2 Å². The summed E-state index contributed by atoms with van der Waals surface area (Å²) in [5, 5.41) is 3.07. The zero-order valence-electron chi connectivity index (χ0n) is 20.1. The van der Waals surface area contributed by atoms with Crippen molar-refractivity contribution in [3.63, 3.8) is 0 Å². The summed E-state index contributed by atoms with van der Waals surface area (Å²) < 4.78 is 52.2. The van der Waals surface area contributed by atoms with E-state index in [0.717, 1.165) is 37.6 Å². The minimum absolute atomic E-state index is 0.128. The number of hydrogen-bond acceptors (Lipinski definition) is 6. The molecule has 2 aliphatic heterocycles. The summed E-state index contributed by atoms with van der Waals surface area (Å²) in [4.78, 5) is 26.8. The molecular weight excluding hydrogens is 487 g/mol. The molecule has 0 saturated carbocycles. The number of aromatic nitrogens is 3. The van der Waals surface area contributed by atoms with Crippen molar-refractivity contribution in [3.05, 3.63) is 59.2 Å². The van der Waals surface area contributed by atoms with Gasteiger partial charge in [-0.2, -0.15) is 13.2 Å². The van der Waals surface area contributed by atoms with Gasteiger partial charge >= 0.3 is 6.18 Å². The minimum Gasteiger partial charge on any atom is -0.380 e. The van der Waals surface area contributed by atoms with Crippen LogP contribution >= 0.6 is 0 Å². The van der Waals surface area contributed by atoms with Crippen LogP contribution in [0.15, 0.2) is 36.5 Å². The van der Waals surface area contributed by atoms with E-state index in [1.165, 1.54) is 17.7 Å². The number of amides is 1. The van der Waals surface area contributed by atoms with E-state index in [-0.39, 0.29) is 53.5 Å². The summed E-state index contributed by atoms with van der Waals surface area (Å²) in [5.41, 5.74) is 1.39. The van der Waals surface area contributed by atoms with Crippen molar-refractivity contribution in [1.82, 2.24) is 25.2 Å². The molecule has 196 valence electrons. The number of para-hydroxylation sites is 1. The first kappa shape index (κ1) is 24.3. The van der Waals surface area contributed by atoms with Gasteiger partial charge in [-0.1, -0.05) is 12.1 Å². The zero-order valence-corrected chi connectivity index (χ0v) is 20.1. The lowest BCUT2D eigenvalue weighted by Gasteiger charge is -2.24. The van der Waals surface area contributed by atoms with Gasteiger partial charge in [0.15, 0.2) is 0 Å². The molecule has 0 radical (unpaired) electrons. The molecule has 3 unspecified atom stereocenters. The van der Waals surface area contributed by atoms with Gasteiger partial charge in [0.1, 0.15) is 17.4 Å². The second-order valence-corrected chi connectivity index (χ2v) is 9.95. The fourth-order valence-electron chi connectivity index (χ4n) is 5.71. The Kier molecular flexibility index (Phi) is 6.37. The highest BCUT2D eigenvalue weighted by Crippen LogP contribution is 2.36. The molecule has 4 heterocycles. The summed E-state index contributed by atoms with van der Waals surface area (Å²) in [6.45, 7) is 2.65. The number of likely N-dealkylation sites (tertiary alicyclic amines) is 1. The van der Waals surface area contributed by atoms with Crippen LogP contribution in [0.4, 0.5) is 13.2 Å². The summed E-state index contributed by atoms with van der Waals surface area (Å²) in [7, 11) is 0. The Hall–Kier alpha value is -3.02. The van der Waals surface area contributed by atoms with Crippen molar-refractivity contribution >= 4 is 16.9 Å². The highest BCUT2D eigenvalue weighted by molar-refractivity contribution is 5.82. The lowest BCUT2D eigenvalue weighted by Crippen LogP contribution is -2.45. The maximum atomic E-state index is 13.4. The number of halogens is 3. The first-order chi connectivity index (χ1) is 17.8. The smallest absolute Gasteiger partial charge is 0.380 e. The predicted molar refractivity (Wildman–Crippen MR) is 128 cm³/mol. The Morgan fingerprint density at radius 3 is 2.92 bits per heavy atom. The van der Waals surface area contributed by atoms with Crippen molar-refractivity contribution in [2.45, 2.75) is 56.2 Å². The number of fused-ring (bicyclic) bond motifs is 2. The summed E-state index contributed by atoms with van der Waals surface area (Å²) in [6, 6.07) is 7.84. The molecule has 2 fully saturated rings. The average molecular weight is 516 g/mol. The van der Waals surface area contributed by atoms with E-state index in [2.05, 4.69) is 31.2 Å². The van der Waals surface area contributed by atoms with Crippen LogP contribution in [0.1, 0.15) is 41.6 Å². The van der Waals surface area contributed by atoms with Crippen LogP contribution in [-0.2, 0) is 33.3 Å². The predicted octanol–water partition coefficient (Wildman–Crippen LogP) is 3.18. The molecule has 1 aliphatic carbocycles. The summed E-state index contributed by atoms with van der Waals surface area (Å²) in [6.07, 6.45) is -0.596. The van der Waals surface area contributed by atoms with E-state index < -0.39 is 11.7 Å². The first-order valence-electron chi connectivity index (χ1n) is 12.6. The molecule has 3 aromatic rings. The number of carbonyl (C=O) groups is 1. The number of alkyl halides is 3. The van der Waals surface area contributed by atoms with Gasteiger partial charge in [-0.15, -0.1) is 0 Å². The van der Waals surface area contributed by atoms with Crippen LogP contribution in [0.5, 0.6) is 0 Å². The number of imidazole rings is 1. The van der Waals surface area contributed by atoms with Crippen LogP contribution in [0.25, 0.3) is 11.0 Å². The fraction of sp³-hybridized carbons (Fsp3) is 0.500. The normalized spacial score (nSPS) is 26.1. The number of carbonyl (C=O) groups excluding carboxylic acids is 1. The molecular formula is C26H28F3N5O3. The molecule has 11 heteroatoms. The van der Waals surface area contributed by atoms with Gasteiger partial charge in [-0.3, -0.25) is 14.7 Å². The standard InChI is InChI=1S/C26H28F3N5O3/c27-26(28,29)17-4-1-5-18-25(17)33-22(31-18)11-23(35)32-19-12-34(16-8-10-36-14-16)13-21(19)37-20-7-6-15-3-2-9-30-24(15)20/h1-5,9,16,19-21H,6-8,10-14H2,(H,31,33)(H,32,35)/t16?,19?,20?,21-/m0/s1. The molecule has 2 N–H and O–H groups in total. The van der Waals surface area contributed by atoms with Crippen molar-refractivity contribution in [1.29, 1.82) is 0 Å². The molecule has 1 amide bonds. The number of H-pyrrole nitrogens is 1. The van der Waals surface area contributed by atoms with Gasteiger partial charge in [0.25, 0.3) is 0 Å². The monoisotopic (exact) mass is 515 g/mol. The van der Waals surface area contributed by atoms with E-state index >= 15 is 0 Å². The van der Waals surface area contributed by atoms with Crippen LogP contribution in [0, 0.1) is 0 Å². The minimum atomic E-state index is -4.52. The van der Waals surface area contributed by atoms with Crippen molar-refractivity contribution in [3.8, 4) is 0 Å². The zero-order chi connectivity index (χ0) is 25.6. The number of benzene rings is 1. The highest BCUT2D eigenvalue weighted by Gasteiger charge is 2.41. The van der Waals surface area contributed by atoms with E-state index in [4.69, 9.17) is 9.47 Å². The Morgan fingerprint density at radius 2 is 2.11 bits per heavy atom. The van der Waals surface area contributed by atoms with Crippen LogP contribution in [0.2, 0.25) is 0 Å². The third-order valence-electron chi connectivity index (χ3n) is 7.50. The number of ether oxygens (including phenoxy) is 2. The van der Waals surface area contributed by atoms with E-state index in [9.17, 15) is 18.0 Å². The number of pyridine rings is 1. The van der Waals surface area contributed by atoms with Crippen molar-refractivity contribution in [2.75, 3.05) is 26.3 Å². The number of nitrogens with zero attached hydrogens (tertiary/aromatic N) is 3. The molecule has 1 aromatic carbocycles.